The van der Waals surface area contributed by atoms with Gasteiger partial charge in [-0.1, -0.05) is 26.0 Å². The summed E-state index contributed by atoms with van der Waals surface area (Å²) in [5.74, 6) is 1.32. The van der Waals surface area contributed by atoms with Gasteiger partial charge in [0.15, 0.2) is 23.4 Å². The van der Waals surface area contributed by atoms with Crippen LogP contribution in [0.2, 0.25) is 0 Å². The Morgan fingerprint density at radius 1 is 1.18 bits per heavy atom. The number of methoxy groups -OCH3 is 1. The molecule has 3 fully saturated rings. The second kappa shape index (κ2) is 10.8. The number of likely N-dealkylation sites (tertiary alicyclic amines) is 1. The fourth-order valence-corrected chi connectivity index (χ4v) is 6.11. The van der Waals surface area contributed by atoms with Crippen LogP contribution in [0.5, 0.6) is 11.5 Å². The van der Waals surface area contributed by atoms with Crippen LogP contribution in [0.1, 0.15) is 57.4 Å². The van der Waals surface area contributed by atoms with E-state index in [4.69, 9.17) is 23.9 Å². The maximum atomic E-state index is 13.4. The number of rotatable bonds is 8. The molecular weight excluding hydrogens is 510 g/mol. The van der Waals surface area contributed by atoms with Gasteiger partial charge in [0.1, 0.15) is 11.9 Å². The molecule has 218 valence electrons. The Kier molecular flexibility index (Phi) is 7.76. The molecule has 0 spiro atoms. The molecule has 0 aliphatic carbocycles. The van der Waals surface area contributed by atoms with Crippen molar-refractivity contribution in [1.29, 1.82) is 0 Å². The second-order valence-corrected chi connectivity index (χ2v) is 12.1. The van der Waals surface area contributed by atoms with Crippen LogP contribution in [0.25, 0.3) is 0 Å². The first-order valence-corrected chi connectivity index (χ1v) is 14.3. The van der Waals surface area contributed by atoms with Gasteiger partial charge in [0, 0.05) is 30.1 Å². The Hall–Kier alpha value is -2.88. The Labute approximate surface area is 237 Å². The summed E-state index contributed by atoms with van der Waals surface area (Å²) in [6.45, 7) is 14.3. The Morgan fingerprint density at radius 3 is 2.52 bits per heavy atom. The first-order valence-electron chi connectivity index (χ1n) is 14.3. The van der Waals surface area contributed by atoms with Crippen LogP contribution in [0, 0.1) is 12.3 Å². The highest BCUT2D eigenvalue weighted by Gasteiger charge is 2.50. The lowest BCUT2D eigenvalue weighted by Crippen LogP contribution is -2.54. The van der Waals surface area contributed by atoms with E-state index in [2.05, 4.69) is 30.9 Å². The molecule has 4 heterocycles. The standard InChI is InChI=1S/C31H43N3O6/c1-8-21-10-12-28(32-19(21)2)33-14-23(15-33)39-26-13-22(9-11-25(26)37-7)24-16-34(18-31(24,6)20(3)35)29(36)27-17-38-30(4,5)40-27/h9-13,20,23-24,27,35H,8,14-18H2,1-7H3/t20-,24+,27+,31+/m1/s1. The molecule has 1 aromatic carbocycles. The van der Waals surface area contributed by atoms with E-state index in [0.29, 0.717) is 24.6 Å². The number of pyridine rings is 1. The van der Waals surface area contributed by atoms with Crippen molar-refractivity contribution < 1.29 is 28.8 Å². The quantitative estimate of drug-likeness (QED) is 0.529. The molecule has 0 bridgehead atoms. The van der Waals surface area contributed by atoms with Crippen LogP contribution in [-0.2, 0) is 20.7 Å². The highest BCUT2D eigenvalue weighted by molar-refractivity contribution is 5.82. The number of nitrogens with zero attached hydrogens (tertiary/aromatic N) is 3. The number of ether oxygens (including phenoxy) is 4. The van der Waals surface area contributed by atoms with E-state index in [1.54, 1.807) is 18.9 Å². The predicted molar refractivity (Wildman–Crippen MR) is 152 cm³/mol. The first-order chi connectivity index (χ1) is 18.9. The molecule has 2 aromatic rings. The van der Waals surface area contributed by atoms with Crippen LogP contribution in [0.3, 0.4) is 0 Å². The smallest absolute Gasteiger partial charge is 0.254 e. The average molecular weight is 554 g/mol. The van der Waals surface area contributed by atoms with Gasteiger partial charge in [0.2, 0.25) is 0 Å². The van der Waals surface area contributed by atoms with Gasteiger partial charge in [-0.3, -0.25) is 4.79 Å². The summed E-state index contributed by atoms with van der Waals surface area (Å²) < 4.78 is 23.5. The first kappa shape index (κ1) is 28.6. The Bertz CT molecular complexity index is 1240. The Balaban J connectivity index is 1.31. The molecule has 3 aliphatic rings. The number of aliphatic hydroxyl groups excluding tert-OH is 1. The van der Waals surface area contributed by atoms with Crippen molar-refractivity contribution in [1.82, 2.24) is 9.88 Å². The number of hydrogen-bond donors (Lipinski definition) is 1. The lowest BCUT2D eigenvalue weighted by molar-refractivity contribution is -0.159. The topological polar surface area (TPSA) is 93.6 Å². The van der Waals surface area contributed by atoms with Gasteiger partial charge >= 0.3 is 0 Å². The number of anilines is 1. The molecule has 4 atom stereocenters. The van der Waals surface area contributed by atoms with Crippen LogP contribution in [0.15, 0.2) is 30.3 Å². The molecule has 9 heteroatoms. The average Bonchev–Trinajstić information content (AvgIpc) is 3.45. The summed E-state index contributed by atoms with van der Waals surface area (Å²) in [5, 5.41) is 10.9. The normalized spacial score (nSPS) is 27.0. The van der Waals surface area contributed by atoms with Crippen LogP contribution in [0.4, 0.5) is 5.82 Å². The van der Waals surface area contributed by atoms with E-state index >= 15 is 0 Å². The molecule has 3 aliphatic heterocycles. The van der Waals surface area contributed by atoms with Crippen molar-refractivity contribution >= 4 is 11.7 Å². The number of carbonyl (C=O) groups excluding carboxylic acids is 1. The van der Waals surface area contributed by atoms with Crippen LogP contribution in [-0.4, -0.2) is 84.9 Å². The van der Waals surface area contributed by atoms with Gasteiger partial charge in [-0.25, -0.2) is 4.98 Å². The van der Waals surface area contributed by atoms with E-state index in [1.807, 2.05) is 39.0 Å². The number of aromatic nitrogens is 1. The highest BCUT2D eigenvalue weighted by atomic mass is 16.7. The SMILES string of the molecule is CCc1ccc(N2CC(Oc3cc([C@@H]4CN(C(=O)[C@@H]5COC(C)(C)O5)C[C@@]4(C)[C@@H](C)O)ccc3OC)C2)nc1C. The highest BCUT2D eigenvalue weighted by Crippen LogP contribution is 2.47. The molecule has 40 heavy (non-hydrogen) atoms. The minimum atomic E-state index is -0.778. The van der Waals surface area contributed by atoms with Gasteiger partial charge in [0.05, 0.1) is 32.9 Å². The minimum absolute atomic E-state index is 0.00443. The Morgan fingerprint density at radius 2 is 1.93 bits per heavy atom. The van der Waals surface area contributed by atoms with Crippen molar-refractivity contribution in [3.63, 3.8) is 0 Å². The summed E-state index contributed by atoms with van der Waals surface area (Å²) in [6.07, 6.45) is -0.290. The summed E-state index contributed by atoms with van der Waals surface area (Å²) in [6, 6.07) is 10.2. The fraction of sp³-hybridized carbons (Fsp3) is 0.613. The molecular formula is C31H43N3O6. The number of carbonyl (C=O) groups is 1. The zero-order chi connectivity index (χ0) is 28.8. The molecule has 1 aromatic heterocycles. The number of aryl methyl sites for hydroxylation is 2. The maximum Gasteiger partial charge on any atom is 0.254 e. The molecule has 1 amide bonds. The predicted octanol–water partition coefficient (Wildman–Crippen LogP) is 3.69. The number of hydrogen-bond acceptors (Lipinski definition) is 8. The van der Waals surface area contributed by atoms with Gasteiger partial charge in [-0.05, 0) is 63.4 Å². The number of amides is 1. The van der Waals surface area contributed by atoms with E-state index in [-0.39, 0.29) is 24.5 Å². The van der Waals surface area contributed by atoms with Crippen molar-refractivity contribution in [2.75, 3.05) is 44.8 Å². The summed E-state index contributed by atoms with van der Waals surface area (Å²) >= 11 is 0. The molecule has 0 saturated carbocycles. The van der Waals surface area contributed by atoms with Gasteiger partial charge < -0.3 is 33.9 Å². The summed E-state index contributed by atoms with van der Waals surface area (Å²) in [5.41, 5.74) is 2.79. The zero-order valence-electron chi connectivity index (χ0n) is 24.8. The van der Waals surface area contributed by atoms with Crippen molar-refractivity contribution in [3.8, 4) is 11.5 Å². The lowest BCUT2D eigenvalue weighted by Gasteiger charge is -2.40. The van der Waals surface area contributed by atoms with E-state index in [0.717, 1.165) is 36.6 Å². The molecule has 0 radical (unpaired) electrons. The third kappa shape index (κ3) is 5.39. The second-order valence-electron chi connectivity index (χ2n) is 12.1. The van der Waals surface area contributed by atoms with Crippen molar-refractivity contribution in [2.24, 2.45) is 5.41 Å². The molecule has 0 unspecified atom stereocenters. The number of benzene rings is 1. The van der Waals surface area contributed by atoms with E-state index in [1.165, 1.54) is 5.56 Å². The van der Waals surface area contributed by atoms with E-state index < -0.39 is 23.4 Å². The molecule has 1 N–H and O–H groups in total. The molecule has 9 nitrogen and oxygen atoms in total. The maximum absolute atomic E-state index is 13.4. The third-order valence-corrected chi connectivity index (χ3v) is 8.90. The van der Waals surface area contributed by atoms with Gasteiger partial charge in [-0.2, -0.15) is 0 Å². The largest absolute Gasteiger partial charge is 0.493 e. The lowest BCUT2D eigenvalue weighted by atomic mass is 9.72. The third-order valence-electron chi connectivity index (χ3n) is 8.90. The van der Waals surface area contributed by atoms with Gasteiger partial charge in [0.25, 0.3) is 5.91 Å². The van der Waals surface area contributed by atoms with Crippen molar-refractivity contribution in [2.45, 2.75) is 78.0 Å². The number of aliphatic hydroxyl groups is 1. The van der Waals surface area contributed by atoms with E-state index in [9.17, 15) is 9.90 Å². The summed E-state index contributed by atoms with van der Waals surface area (Å²) in [4.78, 5) is 22.2. The minimum Gasteiger partial charge on any atom is -0.493 e. The van der Waals surface area contributed by atoms with Crippen LogP contribution < -0.4 is 14.4 Å². The van der Waals surface area contributed by atoms with Crippen LogP contribution >= 0.6 is 0 Å². The molecule has 3 saturated heterocycles. The summed E-state index contributed by atoms with van der Waals surface area (Å²) in [7, 11) is 1.64. The zero-order valence-corrected chi connectivity index (χ0v) is 24.8. The monoisotopic (exact) mass is 553 g/mol. The van der Waals surface area contributed by atoms with Crippen molar-refractivity contribution in [3.05, 3.63) is 47.2 Å². The molecule has 5 rings (SSSR count). The van der Waals surface area contributed by atoms with Gasteiger partial charge in [-0.15, -0.1) is 0 Å². The fourth-order valence-electron chi connectivity index (χ4n) is 6.11.